The molecule has 1 saturated carbocycles. The molecule has 0 amide bonds. The van der Waals surface area contributed by atoms with Crippen LogP contribution in [0.15, 0.2) is 23.1 Å². The van der Waals surface area contributed by atoms with Crippen LogP contribution in [-0.4, -0.2) is 21.0 Å². The highest BCUT2D eigenvalue weighted by atomic mass is 32.2. The quantitative estimate of drug-likeness (QED) is 0.576. The lowest BCUT2D eigenvalue weighted by atomic mass is 10.1. The van der Waals surface area contributed by atoms with Gasteiger partial charge in [0.05, 0.1) is 16.3 Å². The van der Waals surface area contributed by atoms with E-state index >= 15 is 0 Å². The van der Waals surface area contributed by atoms with Crippen molar-refractivity contribution in [1.29, 1.82) is 0 Å². The van der Waals surface area contributed by atoms with E-state index in [1.807, 2.05) is 0 Å². The van der Waals surface area contributed by atoms with Gasteiger partial charge in [0.2, 0.25) is 10.0 Å². The van der Waals surface area contributed by atoms with Crippen LogP contribution in [0.5, 0.6) is 0 Å². The number of nitrogens with one attached hydrogen (secondary N) is 2. The molecule has 0 aromatic heterocycles. The first kappa shape index (κ1) is 16.1. The van der Waals surface area contributed by atoms with Gasteiger partial charge in [0.15, 0.2) is 0 Å². The van der Waals surface area contributed by atoms with Crippen molar-refractivity contribution in [2.75, 3.05) is 17.6 Å². The summed E-state index contributed by atoms with van der Waals surface area (Å²) in [5.41, 5.74) is 7.30. The Morgan fingerprint density at radius 3 is 2.48 bits per heavy atom. The Balaban J connectivity index is 2.19. The van der Waals surface area contributed by atoms with Crippen molar-refractivity contribution >= 4 is 21.4 Å². The van der Waals surface area contributed by atoms with Gasteiger partial charge in [-0.2, -0.15) is 0 Å². The van der Waals surface area contributed by atoms with Gasteiger partial charge in [0.25, 0.3) is 0 Å². The fourth-order valence-electron chi connectivity index (χ4n) is 2.74. The molecule has 0 aliphatic heterocycles. The van der Waals surface area contributed by atoms with Gasteiger partial charge < -0.3 is 11.1 Å². The number of hydrogen-bond acceptors (Lipinski definition) is 4. The smallest absolute Gasteiger partial charge is 0.240 e. The van der Waals surface area contributed by atoms with Crippen LogP contribution in [0, 0.1) is 0 Å². The molecular weight excluding hydrogens is 286 g/mol. The zero-order chi connectivity index (χ0) is 15.3. The van der Waals surface area contributed by atoms with E-state index in [-0.39, 0.29) is 4.90 Å². The van der Waals surface area contributed by atoms with E-state index in [2.05, 4.69) is 10.0 Å². The largest absolute Gasteiger partial charge is 0.397 e. The van der Waals surface area contributed by atoms with E-state index in [4.69, 9.17) is 5.73 Å². The Kier molecular flexibility index (Phi) is 5.47. The predicted molar refractivity (Wildman–Crippen MR) is 86.8 cm³/mol. The van der Waals surface area contributed by atoms with Crippen LogP contribution < -0.4 is 15.8 Å². The third-order valence-corrected chi connectivity index (χ3v) is 5.43. The second-order valence-electron chi connectivity index (χ2n) is 5.58. The van der Waals surface area contributed by atoms with E-state index in [0.29, 0.717) is 18.3 Å². The first-order chi connectivity index (χ1) is 10.0. The van der Waals surface area contributed by atoms with Crippen molar-refractivity contribution in [3.63, 3.8) is 0 Å². The highest BCUT2D eigenvalue weighted by molar-refractivity contribution is 7.89. The number of nitrogen functional groups attached to an aromatic ring is 1. The van der Waals surface area contributed by atoms with Crippen LogP contribution in [0.25, 0.3) is 0 Å². The maximum atomic E-state index is 12.1. The molecule has 0 unspecified atom stereocenters. The molecule has 21 heavy (non-hydrogen) atoms. The van der Waals surface area contributed by atoms with Crippen molar-refractivity contribution in [2.24, 2.45) is 0 Å². The molecule has 0 heterocycles. The van der Waals surface area contributed by atoms with Crippen molar-refractivity contribution in [1.82, 2.24) is 4.72 Å². The summed E-state index contributed by atoms with van der Waals surface area (Å²) >= 11 is 0. The molecule has 4 N–H and O–H groups in total. The minimum atomic E-state index is -3.44. The van der Waals surface area contributed by atoms with Gasteiger partial charge in [-0.1, -0.05) is 32.6 Å². The summed E-state index contributed by atoms with van der Waals surface area (Å²) in [5, 5.41) is 3.43. The van der Waals surface area contributed by atoms with E-state index < -0.39 is 10.0 Å². The topological polar surface area (TPSA) is 84.2 Å². The van der Waals surface area contributed by atoms with Crippen molar-refractivity contribution < 1.29 is 8.42 Å². The summed E-state index contributed by atoms with van der Waals surface area (Å²) in [6.45, 7) is 2.14. The third-order valence-electron chi connectivity index (χ3n) is 3.88. The van der Waals surface area contributed by atoms with Crippen LogP contribution >= 0.6 is 0 Å². The highest BCUT2D eigenvalue weighted by Crippen LogP contribution is 2.27. The van der Waals surface area contributed by atoms with Gasteiger partial charge in [0.1, 0.15) is 0 Å². The molecular formula is C15H25N3O2S. The van der Waals surface area contributed by atoms with Gasteiger partial charge >= 0.3 is 0 Å². The SMILES string of the molecule is CCNS(=O)(=O)c1ccc(N)c(NC2CCCCCC2)c1. The first-order valence-corrected chi connectivity index (χ1v) is 9.17. The first-order valence-electron chi connectivity index (χ1n) is 7.68. The van der Waals surface area contributed by atoms with Gasteiger partial charge in [-0.15, -0.1) is 0 Å². The Morgan fingerprint density at radius 1 is 1.19 bits per heavy atom. The average molecular weight is 311 g/mol. The number of benzene rings is 1. The summed E-state index contributed by atoms with van der Waals surface area (Å²) in [6.07, 6.45) is 7.22. The monoisotopic (exact) mass is 311 g/mol. The minimum Gasteiger partial charge on any atom is -0.397 e. The Labute approximate surface area is 127 Å². The maximum Gasteiger partial charge on any atom is 0.240 e. The zero-order valence-corrected chi connectivity index (χ0v) is 13.4. The molecule has 0 radical (unpaired) electrons. The van der Waals surface area contributed by atoms with Crippen LogP contribution in [0.4, 0.5) is 11.4 Å². The minimum absolute atomic E-state index is 0.259. The van der Waals surface area contributed by atoms with Crippen LogP contribution in [0.3, 0.4) is 0 Å². The fourth-order valence-corrected chi connectivity index (χ4v) is 3.81. The van der Waals surface area contributed by atoms with E-state index in [1.54, 1.807) is 25.1 Å². The van der Waals surface area contributed by atoms with Crippen molar-refractivity contribution in [2.45, 2.75) is 56.4 Å². The number of sulfonamides is 1. The summed E-state index contributed by atoms with van der Waals surface area (Å²) in [5.74, 6) is 0. The predicted octanol–water partition coefficient (Wildman–Crippen LogP) is 2.70. The van der Waals surface area contributed by atoms with Gasteiger partial charge in [-0.25, -0.2) is 13.1 Å². The zero-order valence-electron chi connectivity index (χ0n) is 12.6. The Morgan fingerprint density at radius 2 is 1.86 bits per heavy atom. The highest BCUT2D eigenvalue weighted by Gasteiger charge is 2.17. The second kappa shape index (κ2) is 7.13. The third kappa shape index (κ3) is 4.35. The molecule has 0 atom stereocenters. The molecule has 5 nitrogen and oxygen atoms in total. The molecule has 6 heteroatoms. The lowest BCUT2D eigenvalue weighted by Gasteiger charge is -2.19. The average Bonchev–Trinajstić information content (AvgIpc) is 2.69. The fraction of sp³-hybridized carbons (Fsp3) is 0.600. The number of rotatable bonds is 5. The number of anilines is 2. The molecule has 1 aromatic rings. The van der Waals surface area contributed by atoms with Crippen LogP contribution in [0.1, 0.15) is 45.4 Å². The molecule has 0 bridgehead atoms. The molecule has 1 fully saturated rings. The van der Waals surface area contributed by atoms with E-state index in [9.17, 15) is 8.42 Å². The maximum absolute atomic E-state index is 12.1. The van der Waals surface area contributed by atoms with Crippen LogP contribution in [0.2, 0.25) is 0 Å². The van der Waals surface area contributed by atoms with Gasteiger partial charge in [0, 0.05) is 12.6 Å². The molecule has 1 aliphatic carbocycles. The second-order valence-corrected chi connectivity index (χ2v) is 7.35. The Bertz CT molecular complexity index is 564. The molecule has 1 aliphatic rings. The summed E-state index contributed by atoms with van der Waals surface area (Å²) < 4.78 is 26.6. The Hall–Kier alpha value is -1.27. The standard InChI is InChI=1S/C15H25N3O2S/c1-2-17-21(19,20)13-9-10-14(16)15(11-13)18-12-7-5-3-4-6-8-12/h9-12,17-18H,2-8,16H2,1H3. The molecule has 118 valence electrons. The van der Waals surface area contributed by atoms with Gasteiger partial charge in [-0.05, 0) is 31.0 Å². The van der Waals surface area contributed by atoms with E-state index in [0.717, 1.165) is 18.5 Å². The van der Waals surface area contributed by atoms with Gasteiger partial charge in [-0.3, -0.25) is 0 Å². The van der Waals surface area contributed by atoms with Crippen molar-refractivity contribution in [3.05, 3.63) is 18.2 Å². The molecule has 0 spiro atoms. The normalized spacial score (nSPS) is 17.4. The summed E-state index contributed by atoms with van der Waals surface area (Å²) in [4.78, 5) is 0.259. The number of nitrogens with two attached hydrogens (primary N) is 1. The lowest BCUT2D eigenvalue weighted by molar-refractivity contribution is 0.584. The number of hydrogen-bond donors (Lipinski definition) is 3. The van der Waals surface area contributed by atoms with Crippen molar-refractivity contribution in [3.8, 4) is 0 Å². The van der Waals surface area contributed by atoms with E-state index in [1.165, 1.54) is 25.7 Å². The molecule has 1 aromatic carbocycles. The summed E-state index contributed by atoms with van der Waals surface area (Å²) in [7, 11) is -3.44. The molecule has 2 rings (SSSR count). The molecule has 0 saturated heterocycles. The van der Waals surface area contributed by atoms with Crippen LogP contribution in [-0.2, 0) is 10.0 Å². The lowest BCUT2D eigenvalue weighted by Crippen LogP contribution is -2.24. The summed E-state index contributed by atoms with van der Waals surface area (Å²) in [6, 6.07) is 5.22.